The van der Waals surface area contributed by atoms with E-state index in [0.29, 0.717) is 43.3 Å². The summed E-state index contributed by atoms with van der Waals surface area (Å²) in [7, 11) is 1.65. The van der Waals surface area contributed by atoms with E-state index in [1.54, 1.807) is 24.4 Å². The number of likely N-dealkylation sites (tertiary alicyclic amines) is 1. The first-order valence-corrected chi connectivity index (χ1v) is 30.1. The zero-order chi connectivity index (χ0) is 61.8. The Morgan fingerprint density at radius 1 is 0.670 bits per heavy atom. The third-order valence-corrected chi connectivity index (χ3v) is 16.4. The van der Waals surface area contributed by atoms with Crippen molar-refractivity contribution in [2.24, 2.45) is 0 Å². The highest BCUT2D eigenvalue weighted by Crippen LogP contribution is 2.48. The summed E-state index contributed by atoms with van der Waals surface area (Å²) in [4.78, 5) is 58.5. The molecule has 88 heavy (non-hydrogen) atoms. The van der Waals surface area contributed by atoms with Gasteiger partial charge in [0.1, 0.15) is 11.4 Å². The lowest BCUT2D eigenvalue weighted by Gasteiger charge is -2.24. The van der Waals surface area contributed by atoms with Gasteiger partial charge in [0, 0.05) is 54.9 Å². The molecule has 6 N–H and O–H groups in total. The molecule has 23 heteroatoms. The van der Waals surface area contributed by atoms with Crippen LogP contribution in [-0.2, 0) is 33.2 Å². The second-order valence-electron chi connectivity index (χ2n) is 26.5. The molecule has 2 saturated carbocycles. The van der Waals surface area contributed by atoms with Crippen molar-refractivity contribution in [3.05, 3.63) is 137 Å². The number of hydrogen-bond acceptors (Lipinski definition) is 18. The summed E-state index contributed by atoms with van der Waals surface area (Å²) in [5.41, 5.74) is 6.59. The van der Waals surface area contributed by atoms with Crippen molar-refractivity contribution >= 4 is 51.6 Å². The smallest absolute Gasteiger partial charge is 0.410 e. The molecule has 458 valence electrons. The van der Waals surface area contributed by atoms with Crippen molar-refractivity contribution in [3.63, 3.8) is 0 Å². The zero-order valence-corrected chi connectivity index (χ0v) is 51.5. The molecule has 0 bridgehead atoms. The lowest BCUT2D eigenvalue weighted by atomic mass is 9.97. The van der Waals surface area contributed by atoms with Gasteiger partial charge in [0.2, 0.25) is 11.8 Å². The number of hydrogen-bond donors (Lipinski definition) is 6. The molecule has 8 heterocycles. The molecule has 2 saturated heterocycles. The number of benzene rings is 3. The summed E-state index contributed by atoms with van der Waals surface area (Å²) >= 11 is 0. The number of ether oxygens (including phenoxy) is 2. The van der Waals surface area contributed by atoms with E-state index in [9.17, 15) is 14.4 Å². The predicted octanol–water partition coefficient (Wildman–Crippen LogP) is 10.2. The Balaban J connectivity index is 0.000000183. The van der Waals surface area contributed by atoms with E-state index in [4.69, 9.17) is 28.6 Å². The highest BCUT2D eigenvalue weighted by Gasteiger charge is 2.48. The van der Waals surface area contributed by atoms with Gasteiger partial charge in [0.25, 0.3) is 23.5 Å². The van der Waals surface area contributed by atoms with Gasteiger partial charge in [-0.25, -0.2) is 19.4 Å². The number of fused-ring (bicyclic) bond motifs is 2. The Morgan fingerprint density at radius 2 is 1.23 bits per heavy atom. The monoisotopic (exact) mass is 1190 g/mol. The molecule has 9 aromatic rings. The Bertz CT molecular complexity index is 4000. The highest BCUT2D eigenvalue weighted by molar-refractivity contribution is 6.02. The van der Waals surface area contributed by atoms with Crippen LogP contribution >= 0.6 is 0 Å². The minimum absolute atomic E-state index is 0.0208. The molecule has 4 aliphatic rings. The molecule has 6 aromatic heterocycles. The number of nitrogens with zero attached hydrogens (tertiary/aromatic N) is 10. The second-order valence-corrected chi connectivity index (χ2v) is 26.5. The zero-order valence-electron chi connectivity index (χ0n) is 51.5. The number of amides is 3. The van der Waals surface area contributed by atoms with E-state index in [1.807, 2.05) is 103 Å². The van der Waals surface area contributed by atoms with Crippen molar-refractivity contribution in [1.82, 2.24) is 71.1 Å². The fraction of sp³-hybridized carbons (Fsp3) is 0.431. The van der Waals surface area contributed by atoms with Crippen molar-refractivity contribution in [2.45, 2.75) is 147 Å². The van der Waals surface area contributed by atoms with Crippen LogP contribution in [0.15, 0.2) is 106 Å². The van der Waals surface area contributed by atoms with Gasteiger partial charge in [-0.3, -0.25) is 14.7 Å². The second kappa shape index (κ2) is 23.1. The van der Waals surface area contributed by atoms with Crippen LogP contribution in [0.5, 0.6) is 5.75 Å². The molecule has 0 unspecified atom stereocenters. The van der Waals surface area contributed by atoms with Crippen molar-refractivity contribution in [3.8, 4) is 28.0 Å². The van der Waals surface area contributed by atoms with Crippen LogP contribution in [-0.4, -0.2) is 124 Å². The van der Waals surface area contributed by atoms with Crippen LogP contribution < -0.4 is 31.3 Å². The molecule has 0 spiro atoms. The van der Waals surface area contributed by atoms with Gasteiger partial charge < -0.3 is 50.0 Å². The number of aromatic nitrogens is 10. The lowest BCUT2D eigenvalue weighted by Crippen LogP contribution is -2.36. The largest absolute Gasteiger partial charge is 0.497 e. The van der Waals surface area contributed by atoms with Crippen LogP contribution in [0.2, 0.25) is 0 Å². The molecule has 0 radical (unpaired) electrons. The Kier molecular flexibility index (Phi) is 15.5. The van der Waals surface area contributed by atoms with Crippen LogP contribution in [0, 0.1) is 0 Å². The molecule has 3 aromatic carbocycles. The van der Waals surface area contributed by atoms with E-state index < -0.39 is 16.7 Å². The molecular formula is C65H76N16O7. The maximum Gasteiger partial charge on any atom is 0.410 e. The van der Waals surface area contributed by atoms with Gasteiger partial charge in [0.05, 0.1) is 35.5 Å². The summed E-state index contributed by atoms with van der Waals surface area (Å²) in [6.45, 7) is 20.9. The van der Waals surface area contributed by atoms with Crippen LogP contribution in [0.4, 0.5) is 16.4 Å². The van der Waals surface area contributed by atoms with Gasteiger partial charge in [-0.05, 0) is 129 Å². The topological polar surface area (TPSA) is 283 Å². The predicted molar refractivity (Wildman–Crippen MR) is 332 cm³/mol. The molecule has 2 aliphatic carbocycles. The molecule has 2 aliphatic heterocycles. The van der Waals surface area contributed by atoms with Gasteiger partial charge >= 0.3 is 6.09 Å². The normalized spacial score (nSPS) is 17.7. The van der Waals surface area contributed by atoms with Gasteiger partial charge in [-0.15, -0.1) is 0 Å². The summed E-state index contributed by atoms with van der Waals surface area (Å²) in [5, 5.41) is 39.2. The molecule has 23 nitrogen and oxygen atoms in total. The molecule has 2 atom stereocenters. The summed E-state index contributed by atoms with van der Waals surface area (Å²) < 4.78 is 23.6. The minimum Gasteiger partial charge on any atom is -0.497 e. The van der Waals surface area contributed by atoms with Gasteiger partial charge in [0.15, 0.2) is 22.9 Å². The fourth-order valence-electron chi connectivity index (χ4n) is 11.2. The van der Waals surface area contributed by atoms with Crippen LogP contribution in [0.1, 0.15) is 151 Å². The number of anilines is 2. The molecular weight excluding hydrogens is 1120 g/mol. The van der Waals surface area contributed by atoms with E-state index in [-0.39, 0.29) is 46.4 Å². The van der Waals surface area contributed by atoms with E-state index >= 15 is 0 Å². The lowest BCUT2D eigenvalue weighted by molar-refractivity contribution is 0.0293. The average Bonchev–Trinajstić information content (AvgIpc) is 1.88. The van der Waals surface area contributed by atoms with Gasteiger partial charge in [-0.2, -0.15) is 20.2 Å². The fourth-order valence-corrected chi connectivity index (χ4v) is 11.2. The van der Waals surface area contributed by atoms with Gasteiger partial charge in [-0.1, -0.05) is 113 Å². The average molecular weight is 1190 g/mol. The number of carbonyl (C=O) groups excluding carboxylic acids is 3. The number of methoxy groups -OCH3 is 1. The number of H-pyrrole nitrogens is 1. The summed E-state index contributed by atoms with van der Waals surface area (Å²) in [6.07, 6.45) is 8.47. The molecule has 3 amide bonds. The van der Waals surface area contributed by atoms with Crippen molar-refractivity contribution < 1.29 is 32.9 Å². The van der Waals surface area contributed by atoms with Crippen LogP contribution in [0.25, 0.3) is 44.3 Å². The third kappa shape index (κ3) is 12.6. The quantitative estimate of drug-likeness (QED) is 0.0556. The first-order chi connectivity index (χ1) is 42.0. The maximum absolute atomic E-state index is 13.2. The number of aromatic amines is 1. The number of carbonyl (C=O) groups is 3. The molecule has 13 rings (SSSR count). The van der Waals surface area contributed by atoms with E-state index in [0.717, 1.165) is 124 Å². The Morgan fingerprint density at radius 3 is 1.74 bits per heavy atom. The Hall–Kier alpha value is -9.25. The highest BCUT2D eigenvalue weighted by atomic mass is 16.6. The first kappa shape index (κ1) is 59.1. The minimum atomic E-state index is -0.565. The third-order valence-electron chi connectivity index (χ3n) is 16.4. The standard InChI is InChI=1S/C39H46N8O5.C26H30N8O2/c1-37(2,3)35-42-32(45-52-35)34(48)43-39(18-19-39)26-12-10-25(11-13-26)29-16-20-40-33-30(29)31(44-47(33)22-24-8-14-28(50-7)15-9-24)41-27-17-21-46(23-27)36(49)51-38(4,5)6;1-25(2,3)24-30-22(34-36-24)23(35)31-26(10-11-26)16-6-4-15(5-7-16)18-9-13-28-20-19(18)21(33-32-20)29-17-8-12-27-14-17/h8-16,20,27H,17-19,21-23H2,1-7H3,(H,41,44)(H,43,48);4-7,9,13,17,27H,8,10-12,14H2,1-3H3,(H,31,35)(H2,28,29,32,33)/t27-;17-/m11/s1. The van der Waals surface area contributed by atoms with E-state index in [1.165, 1.54) is 0 Å². The van der Waals surface area contributed by atoms with Crippen LogP contribution in [0.3, 0.4) is 0 Å². The Labute approximate surface area is 509 Å². The summed E-state index contributed by atoms with van der Waals surface area (Å²) in [6, 6.07) is 28.9. The van der Waals surface area contributed by atoms with Crippen molar-refractivity contribution in [1.29, 1.82) is 0 Å². The number of rotatable bonds is 15. The first-order valence-electron chi connectivity index (χ1n) is 30.1. The maximum atomic E-state index is 13.2. The number of nitrogens with one attached hydrogen (secondary N) is 6. The number of pyridine rings is 2. The SMILES string of the molecule is CC(C)(C)c1nc(C(=O)NC2(c3ccc(-c4ccnc5[nH]nc(N[C@@H]6CCNC6)c45)cc3)CC2)no1.COc1ccc(Cn2nc(N[C@@H]3CCN(C(=O)OC(C)(C)C)C3)c3c(-c4ccc(C5(NC(=O)c6noc(C(C)(C)C)n6)CC5)cc4)ccnc32)cc1. The molecule has 4 fully saturated rings. The van der Waals surface area contributed by atoms with E-state index in [2.05, 4.69) is 111 Å². The summed E-state index contributed by atoms with van der Waals surface area (Å²) in [5.74, 6) is 2.62. The van der Waals surface area contributed by atoms with Crippen molar-refractivity contribution in [2.75, 3.05) is 43.9 Å².